The standard InChI is InChI=1S/C10H16N4/c1-11-10-12-7-6-9(13-10)14(2)8-4-3-5-8/h6-8H,3-5H2,1-2H3,(H,11,12,13). The monoisotopic (exact) mass is 192 g/mol. The smallest absolute Gasteiger partial charge is 0.224 e. The molecular formula is C10H16N4. The molecule has 1 N–H and O–H groups in total. The molecule has 0 amide bonds. The van der Waals surface area contributed by atoms with Gasteiger partial charge in [-0.15, -0.1) is 0 Å². The lowest BCUT2D eigenvalue weighted by molar-refractivity contribution is 0.399. The molecule has 1 aliphatic rings. The third-order valence-corrected chi connectivity index (χ3v) is 2.85. The van der Waals surface area contributed by atoms with Crippen LogP contribution in [-0.2, 0) is 0 Å². The van der Waals surface area contributed by atoms with Crippen LogP contribution >= 0.6 is 0 Å². The van der Waals surface area contributed by atoms with E-state index in [4.69, 9.17) is 0 Å². The average molecular weight is 192 g/mol. The van der Waals surface area contributed by atoms with Gasteiger partial charge in [-0.25, -0.2) is 4.98 Å². The van der Waals surface area contributed by atoms with Crippen LogP contribution in [-0.4, -0.2) is 30.1 Å². The van der Waals surface area contributed by atoms with Gasteiger partial charge in [0.1, 0.15) is 5.82 Å². The predicted molar refractivity (Wildman–Crippen MR) is 57.6 cm³/mol. The first-order valence-electron chi connectivity index (χ1n) is 5.05. The van der Waals surface area contributed by atoms with Crippen molar-refractivity contribution in [2.45, 2.75) is 25.3 Å². The summed E-state index contributed by atoms with van der Waals surface area (Å²) in [6, 6.07) is 2.63. The molecule has 14 heavy (non-hydrogen) atoms. The summed E-state index contributed by atoms with van der Waals surface area (Å²) >= 11 is 0. The maximum atomic E-state index is 4.40. The number of anilines is 2. The van der Waals surface area contributed by atoms with E-state index in [2.05, 4.69) is 27.2 Å². The molecule has 2 rings (SSSR count). The van der Waals surface area contributed by atoms with Crippen LogP contribution in [0.4, 0.5) is 11.8 Å². The SMILES string of the molecule is CNc1nccc(N(C)C2CCC2)n1. The quantitative estimate of drug-likeness (QED) is 0.788. The minimum absolute atomic E-state index is 0.676. The lowest BCUT2D eigenvalue weighted by Gasteiger charge is -2.35. The van der Waals surface area contributed by atoms with Crippen LogP contribution in [0.25, 0.3) is 0 Å². The predicted octanol–water partition coefficient (Wildman–Crippen LogP) is 1.51. The molecule has 0 saturated heterocycles. The zero-order valence-electron chi connectivity index (χ0n) is 8.70. The first kappa shape index (κ1) is 9.24. The van der Waals surface area contributed by atoms with E-state index in [1.807, 2.05) is 13.1 Å². The molecule has 0 atom stereocenters. The van der Waals surface area contributed by atoms with Crippen molar-refractivity contribution in [3.05, 3.63) is 12.3 Å². The lowest BCUT2D eigenvalue weighted by Crippen LogP contribution is -2.37. The van der Waals surface area contributed by atoms with Crippen LogP contribution in [0.5, 0.6) is 0 Å². The van der Waals surface area contributed by atoms with Crippen molar-refractivity contribution in [3.8, 4) is 0 Å². The third kappa shape index (κ3) is 1.64. The molecule has 4 nitrogen and oxygen atoms in total. The van der Waals surface area contributed by atoms with Crippen LogP contribution < -0.4 is 10.2 Å². The summed E-state index contributed by atoms with van der Waals surface area (Å²) in [6.45, 7) is 0. The molecule has 0 aromatic carbocycles. The minimum atomic E-state index is 0.676. The van der Waals surface area contributed by atoms with Crippen molar-refractivity contribution in [2.75, 3.05) is 24.3 Å². The van der Waals surface area contributed by atoms with Gasteiger partial charge in [0.15, 0.2) is 0 Å². The Labute approximate surface area is 84.4 Å². The van der Waals surface area contributed by atoms with Gasteiger partial charge in [-0.3, -0.25) is 0 Å². The molecule has 0 bridgehead atoms. The molecular weight excluding hydrogens is 176 g/mol. The molecule has 1 aliphatic carbocycles. The van der Waals surface area contributed by atoms with Crippen molar-refractivity contribution < 1.29 is 0 Å². The summed E-state index contributed by atoms with van der Waals surface area (Å²) in [7, 11) is 3.94. The average Bonchev–Trinajstić information content (AvgIpc) is 2.15. The van der Waals surface area contributed by atoms with Crippen LogP contribution in [0.15, 0.2) is 12.3 Å². The molecule has 0 unspecified atom stereocenters. The van der Waals surface area contributed by atoms with Gasteiger partial charge in [-0.05, 0) is 25.3 Å². The maximum absolute atomic E-state index is 4.40. The molecule has 0 radical (unpaired) electrons. The largest absolute Gasteiger partial charge is 0.357 e. The van der Waals surface area contributed by atoms with Gasteiger partial charge in [0, 0.05) is 26.3 Å². The highest BCUT2D eigenvalue weighted by molar-refractivity contribution is 5.42. The summed E-state index contributed by atoms with van der Waals surface area (Å²) in [6.07, 6.45) is 5.72. The highest BCUT2D eigenvalue weighted by Crippen LogP contribution is 2.26. The van der Waals surface area contributed by atoms with Crippen LogP contribution in [0, 0.1) is 0 Å². The Balaban J connectivity index is 2.13. The van der Waals surface area contributed by atoms with Gasteiger partial charge in [0.2, 0.25) is 5.95 Å². The van der Waals surface area contributed by atoms with Gasteiger partial charge < -0.3 is 10.2 Å². The van der Waals surface area contributed by atoms with Crippen molar-refractivity contribution in [1.82, 2.24) is 9.97 Å². The number of aromatic nitrogens is 2. The van der Waals surface area contributed by atoms with Crippen molar-refractivity contribution in [1.29, 1.82) is 0 Å². The zero-order chi connectivity index (χ0) is 9.97. The third-order valence-electron chi connectivity index (χ3n) is 2.85. The number of nitrogens with one attached hydrogen (secondary N) is 1. The zero-order valence-corrected chi connectivity index (χ0v) is 8.70. The van der Waals surface area contributed by atoms with Gasteiger partial charge in [-0.1, -0.05) is 0 Å². The number of rotatable bonds is 3. The first-order chi connectivity index (χ1) is 6.81. The molecule has 1 fully saturated rings. The summed E-state index contributed by atoms with van der Waals surface area (Å²) < 4.78 is 0. The Hall–Kier alpha value is -1.32. The summed E-state index contributed by atoms with van der Waals surface area (Å²) in [5, 5.41) is 2.95. The molecule has 4 heteroatoms. The minimum Gasteiger partial charge on any atom is -0.357 e. The van der Waals surface area contributed by atoms with Crippen molar-refractivity contribution >= 4 is 11.8 Å². The molecule has 0 spiro atoms. The Kier molecular flexibility index (Phi) is 2.52. The highest BCUT2D eigenvalue weighted by Gasteiger charge is 2.22. The molecule has 1 aromatic heterocycles. The number of nitrogens with zero attached hydrogens (tertiary/aromatic N) is 3. The van der Waals surface area contributed by atoms with E-state index in [0.29, 0.717) is 12.0 Å². The van der Waals surface area contributed by atoms with Crippen LogP contribution in [0.1, 0.15) is 19.3 Å². The van der Waals surface area contributed by atoms with Crippen LogP contribution in [0.2, 0.25) is 0 Å². The van der Waals surface area contributed by atoms with E-state index in [1.54, 1.807) is 6.20 Å². The number of hydrogen-bond acceptors (Lipinski definition) is 4. The molecule has 0 aliphatic heterocycles. The maximum Gasteiger partial charge on any atom is 0.224 e. The van der Waals surface area contributed by atoms with Crippen molar-refractivity contribution in [2.24, 2.45) is 0 Å². The summed E-state index contributed by atoms with van der Waals surface area (Å²) in [5.74, 6) is 1.70. The van der Waals surface area contributed by atoms with E-state index in [1.165, 1.54) is 19.3 Å². The topological polar surface area (TPSA) is 41.1 Å². The molecule has 1 saturated carbocycles. The summed E-state index contributed by atoms with van der Waals surface area (Å²) in [5.41, 5.74) is 0. The van der Waals surface area contributed by atoms with E-state index in [-0.39, 0.29) is 0 Å². The van der Waals surface area contributed by atoms with E-state index in [0.717, 1.165) is 5.82 Å². The summed E-state index contributed by atoms with van der Waals surface area (Å²) in [4.78, 5) is 10.7. The Bertz CT molecular complexity index is 309. The van der Waals surface area contributed by atoms with E-state index < -0.39 is 0 Å². The lowest BCUT2D eigenvalue weighted by atomic mass is 9.92. The Morgan fingerprint density at radius 1 is 1.50 bits per heavy atom. The second-order valence-corrected chi connectivity index (χ2v) is 3.68. The van der Waals surface area contributed by atoms with E-state index in [9.17, 15) is 0 Å². The Morgan fingerprint density at radius 2 is 2.29 bits per heavy atom. The van der Waals surface area contributed by atoms with Gasteiger partial charge in [0.25, 0.3) is 0 Å². The molecule has 1 heterocycles. The Morgan fingerprint density at radius 3 is 2.86 bits per heavy atom. The number of hydrogen-bond donors (Lipinski definition) is 1. The first-order valence-corrected chi connectivity index (χ1v) is 5.05. The second kappa shape index (κ2) is 3.82. The van der Waals surface area contributed by atoms with Gasteiger partial charge in [-0.2, -0.15) is 4.98 Å². The van der Waals surface area contributed by atoms with Crippen molar-refractivity contribution in [3.63, 3.8) is 0 Å². The van der Waals surface area contributed by atoms with Crippen LogP contribution in [0.3, 0.4) is 0 Å². The van der Waals surface area contributed by atoms with Gasteiger partial charge >= 0.3 is 0 Å². The van der Waals surface area contributed by atoms with Gasteiger partial charge in [0.05, 0.1) is 0 Å². The second-order valence-electron chi connectivity index (χ2n) is 3.68. The normalized spacial score (nSPS) is 16.1. The fourth-order valence-electron chi connectivity index (χ4n) is 1.63. The molecule has 1 aromatic rings. The molecule has 76 valence electrons. The fourth-order valence-corrected chi connectivity index (χ4v) is 1.63. The van der Waals surface area contributed by atoms with E-state index >= 15 is 0 Å². The highest BCUT2D eigenvalue weighted by atomic mass is 15.2. The fraction of sp³-hybridized carbons (Fsp3) is 0.600.